The highest BCUT2D eigenvalue weighted by atomic mass is 79.9. The van der Waals surface area contributed by atoms with Crippen molar-refractivity contribution in [2.75, 3.05) is 0 Å². The fraction of sp³-hybridized carbons (Fsp3) is 0.400. The molecule has 50 valence electrons. The molecule has 0 aliphatic carbocycles. The van der Waals surface area contributed by atoms with Crippen molar-refractivity contribution < 1.29 is 0 Å². The summed E-state index contributed by atoms with van der Waals surface area (Å²) < 4.78 is 2.63. The van der Waals surface area contributed by atoms with Gasteiger partial charge in [-0.1, -0.05) is 0 Å². The minimum absolute atomic E-state index is 0.513. The Morgan fingerprint density at radius 3 is 2.33 bits per heavy atom. The highest BCUT2D eigenvalue weighted by molar-refractivity contribution is 9.10. The molecule has 2 nitrogen and oxygen atoms in total. The van der Waals surface area contributed by atoms with Crippen LogP contribution in [0, 0.1) is 6.92 Å². The molecule has 0 unspecified atom stereocenters. The lowest BCUT2D eigenvalue weighted by Crippen LogP contribution is -1.89. The van der Waals surface area contributed by atoms with Gasteiger partial charge in [0.2, 0.25) is 5.28 Å². The summed E-state index contributed by atoms with van der Waals surface area (Å²) in [6.07, 6.45) is 0. The van der Waals surface area contributed by atoms with Gasteiger partial charge in [-0.05, 0) is 34.5 Å². The van der Waals surface area contributed by atoms with Crippen LogP contribution in [0.1, 0.15) is 5.69 Å². The second-order valence-electron chi connectivity index (χ2n) is 1.82. The molecule has 4 heteroatoms. The molecule has 0 aliphatic rings. The number of aromatic nitrogens is 2. The third kappa shape index (κ3) is 1.12. The van der Waals surface area contributed by atoms with Gasteiger partial charge in [0.05, 0.1) is 0 Å². The van der Waals surface area contributed by atoms with E-state index in [0.717, 1.165) is 10.3 Å². The lowest BCUT2D eigenvalue weighted by atomic mass is 10.5. The summed E-state index contributed by atoms with van der Waals surface area (Å²) in [5.74, 6) is 0. The maximum absolute atomic E-state index is 5.66. The first-order valence-electron chi connectivity index (χ1n) is 2.47. The molecule has 0 N–H and O–H groups in total. The van der Waals surface area contributed by atoms with Gasteiger partial charge in [0.15, 0.2) is 0 Å². The van der Waals surface area contributed by atoms with Gasteiger partial charge in [0.1, 0.15) is 4.60 Å². The molecule has 0 amide bonds. The summed E-state index contributed by atoms with van der Waals surface area (Å²) in [7, 11) is 1.87. The van der Waals surface area contributed by atoms with Gasteiger partial charge in [-0.15, -0.1) is 0 Å². The molecule has 0 bridgehead atoms. The normalized spacial score (nSPS) is 10.2. The van der Waals surface area contributed by atoms with E-state index in [9.17, 15) is 0 Å². The first kappa shape index (κ1) is 7.09. The predicted molar refractivity (Wildman–Crippen MR) is 40.7 cm³/mol. The Kier molecular flexibility index (Phi) is 1.82. The monoisotopic (exact) mass is 208 g/mol. The fourth-order valence-corrected chi connectivity index (χ4v) is 1.26. The van der Waals surface area contributed by atoms with Gasteiger partial charge in [0.25, 0.3) is 0 Å². The van der Waals surface area contributed by atoms with Crippen molar-refractivity contribution in [3.63, 3.8) is 0 Å². The predicted octanol–water partition coefficient (Wildman–Crippen LogP) is 2.14. The average molecular weight is 209 g/mol. The third-order valence-electron chi connectivity index (χ3n) is 1.27. The quantitative estimate of drug-likeness (QED) is 0.640. The van der Waals surface area contributed by atoms with E-state index in [0.29, 0.717) is 5.28 Å². The Morgan fingerprint density at radius 1 is 1.67 bits per heavy atom. The van der Waals surface area contributed by atoms with Crippen molar-refractivity contribution >= 4 is 27.5 Å². The van der Waals surface area contributed by atoms with E-state index in [-0.39, 0.29) is 0 Å². The minimum atomic E-state index is 0.513. The Labute approximate surface area is 67.0 Å². The lowest BCUT2D eigenvalue weighted by Gasteiger charge is -1.92. The standard InChI is InChI=1S/C5H6BrClN2/c1-3-4(6)8-5(7)9(3)2/h1-2H3. The average Bonchev–Trinajstić information content (AvgIpc) is 1.98. The van der Waals surface area contributed by atoms with Gasteiger partial charge in [-0.25, -0.2) is 4.98 Å². The molecular weight excluding hydrogens is 203 g/mol. The largest absolute Gasteiger partial charge is 0.321 e. The van der Waals surface area contributed by atoms with Crippen molar-refractivity contribution in [3.05, 3.63) is 15.6 Å². The Morgan fingerprint density at radius 2 is 2.22 bits per heavy atom. The zero-order chi connectivity index (χ0) is 7.02. The molecule has 0 saturated heterocycles. The van der Waals surface area contributed by atoms with Gasteiger partial charge >= 0.3 is 0 Å². The van der Waals surface area contributed by atoms with Crippen molar-refractivity contribution in [3.8, 4) is 0 Å². The zero-order valence-electron chi connectivity index (χ0n) is 5.15. The van der Waals surface area contributed by atoms with Crippen LogP contribution in [0.3, 0.4) is 0 Å². The van der Waals surface area contributed by atoms with E-state index < -0.39 is 0 Å². The molecule has 1 rings (SSSR count). The van der Waals surface area contributed by atoms with Crippen LogP contribution in [-0.4, -0.2) is 9.55 Å². The van der Waals surface area contributed by atoms with Crippen molar-refractivity contribution in [1.29, 1.82) is 0 Å². The Balaban J connectivity index is 3.29. The van der Waals surface area contributed by atoms with Crippen LogP contribution in [0.5, 0.6) is 0 Å². The molecule has 0 saturated carbocycles. The Hall–Kier alpha value is -0.0200. The number of nitrogens with zero attached hydrogens (tertiary/aromatic N) is 2. The van der Waals surface area contributed by atoms with E-state index >= 15 is 0 Å². The molecule has 0 radical (unpaired) electrons. The second kappa shape index (κ2) is 2.31. The summed E-state index contributed by atoms with van der Waals surface area (Å²) in [4.78, 5) is 3.96. The van der Waals surface area contributed by atoms with E-state index in [1.54, 1.807) is 0 Å². The molecule has 0 spiro atoms. The molecule has 0 aliphatic heterocycles. The van der Waals surface area contributed by atoms with Gasteiger partial charge in [-0.2, -0.15) is 0 Å². The number of hydrogen-bond acceptors (Lipinski definition) is 1. The minimum Gasteiger partial charge on any atom is -0.321 e. The van der Waals surface area contributed by atoms with Crippen LogP contribution >= 0.6 is 27.5 Å². The van der Waals surface area contributed by atoms with Crippen LogP contribution in [-0.2, 0) is 7.05 Å². The Bertz CT molecular complexity index is 209. The molecule has 1 aromatic heterocycles. The molecule has 0 aromatic carbocycles. The summed E-state index contributed by atoms with van der Waals surface area (Å²) >= 11 is 8.91. The van der Waals surface area contributed by atoms with Crippen LogP contribution < -0.4 is 0 Å². The molecule has 9 heavy (non-hydrogen) atoms. The number of hydrogen-bond donors (Lipinski definition) is 0. The molecule has 1 heterocycles. The maximum atomic E-state index is 5.66. The highest BCUT2D eigenvalue weighted by Crippen LogP contribution is 2.17. The third-order valence-corrected chi connectivity index (χ3v) is 2.36. The van der Waals surface area contributed by atoms with E-state index in [2.05, 4.69) is 20.9 Å². The first-order valence-corrected chi connectivity index (χ1v) is 3.64. The van der Waals surface area contributed by atoms with Crippen LogP contribution in [0.25, 0.3) is 0 Å². The van der Waals surface area contributed by atoms with Crippen molar-refractivity contribution in [2.24, 2.45) is 7.05 Å². The second-order valence-corrected chi connectivity index (χ2v) is 2.91. The molecular formula is C5H6BrClN2. The fourth-order valence-electron chi connectivity index (χ4n) is 0.514. The van der Waals surface area contributed by atoms with E-state index in [4.69, 9.17) is 11.6 Å². The van der Waals surface area contributed by atoms with Crippen molar-refractivity contribution in [2.45, 2.75) is 6.92 Å². The van der Waals surface area contributed by atoms with E-state index in [1.807, 2.05) is 18.5 Å². The zero-order valence-corrected chi connectivity index (χ0v) is 7.49. The van der Waals surface area contributed by atoms with Crippen LogP contribution in [0.4, 0.5) is 0 Å². The molecule has 1 aromatic rings. The summed E-state index contributed by atoms with van der Waals surface area (Å²) in [5.41, 5.74) is 1.04. The lowest BCUT2D eigenvalue weighted by molar-refractivity contribution is 0.873. The van der Waals surface area contributed by atoms with E-state index in [1.165, 1.54) is 0 Å². The number of halogens is 2. The highest BCUT2D eigenvalue weighted by Gasteiger charge is 2.04. The smallest absolute Gasteiger partial charge is 0.203 e. The number of rotatable bonds is 0. The summed E-state index contributed by atoms with van der Waals surface area (Å²) in [6, 6.07) is 0. The number of imidazole rings is 1. The van der Waals surface area contributed by atoms with Gasteiger partial charge < -0.3 is 4.57 Å². The SMILES string of the molecule is Cc1c(Br)nc(Cl)n1C. The topological polar surface area (TPSA) is 17.8 Å². The van der Waals surface area contributed by atoms with Crippen molar-refractivity contribution in [1.82, 2.24) is 9.55 Å². The molecule has 0 atom stereocenters. The molecule has 0 fully saturated rings. The maximum Gasteiger partial charge on any atom is 0.203 e. The van der Waals surface area contributed by atoms with Gasteiger partial charge in [-0.3, -0.25) is 0 Å². The van der Waals surface area contributed by atoms with Gasteiger partial charge in [0, 0.05) is 12.7 Å². The van der Waals surface area contributed by atoms with Crippen LogP contribution in [0.2, 0.25) is 5.28 Å². The van der Waals surface area contributed by atoms with Crippen LogP contribution in [0.15, 0.2) is 4.60 Å². The first-order chi connectivity index (χ1) is 4.13. The summed E-state index contributed by atoms with van der Waals surface area (Å²) in [6.45, 7) is 1.95. The summed E-state index contributed by atoms with van der Waals surface area (Å²) in [5, 5.41) is 0.513.